The number of benzene rings is 2. The average molecular weight is 332 g/mol. The van der Waals surface area contributed by atoms with E-state index in [1.165, 1.54) is 12.1 Å². The first-order valence-electron chi connectivity index (χ1n) is 7.95. The van der Waals surface area contributed by atoms with E-state index in [9.17, 15) is 13.6 Å². The number of rotatable bonds is 6. The van der Waals surface area contributed by atoms with Crippen molar-refractivity contribution in [2.45, 2.75) is 32.9 Å². The van der Waals surface area contributed by atoms with Gasteiger partial charge >= 0.3 is 0 Å². The molecule has 2 rings (SSSR count). The summed E-state index contributed by atoms with van der Waals surface area (Å²) in [6.45, 7) is 5.68. The molecule has 0 saturated carbocycles. The molecule has 2 aromatic rings. The first-order chi connectivity index (χ1) is 11.4. The Morgan fingerprint density at radius 1 is 1.08 bits per heavy atom. The molecule has 1 unspecified atom stereocenters. The zero-order chi connectivity index (χ0) is 17.7. The fourth-order valence-electron chi connectivity index (χ4n) is 2.61. The van der Waals surface area contributed by atoms with E-state index >= 15 is 0 Å². The molecule has 0 aliphatic rings. The summed E-state index contributed by atoms with van der Waals surface area (Å²) in [5.41, 5.74) is 1.15. The second-order valence-electron chi connectivity index (χ2n) is 5.96. The number of nitrogens with zero attached hydrogens (tertiary/aromatic N) is 1. The molecule has 0 fully saturated rings. The van der Waals surface area contributed by atoms with Gasteiger partial charge in [-0.1, -0.05) is 24.3 Å². The molecule has 0 heterocycles. The van der Waals surface area contributed by atoms with Crippen molar-refractivity contribution in [3.63, 3.8) is 0 Å². The zero-order valence-electron chi connectivity index (χ0n) is 14.1. The second kappa shape index (κ2) is 8.02. The maximum atomic E-state index is 13.8. The highest BCUT2D eigenvalue weighted by Gasteiger charge is 2.20. The molecule has 0 aliphatic carbocycles. The molecule has 1 amide bonds. The van der Waals surface area contributed by atoms with Gasteiger partial charge in [0.05, 0.1) is 6.54 Å². The van der Waals surface area contributed by atoms with Crippen molar-refractivity contribution in [3.05, 3.63) is 65.7 Å². The highest BCUT2D eigenvalue weighted by Crippen LogP contribution is 2.19. The molecule has 24 heavy (non-hydrogen) atoms. The first kappa shape index (κ1) is 18.1. The van der Waals surface area contributed by atoms with Gasteiger partial charge < -0.3 is 10.2 Å². The fourth-order valence-corrected chi connectivity index (χ4v) is 2.61. The summed E-state index contributed by atoms with van der Waals surface area (Å²) in [7, 11) is 0. The molecule has 128 valence electrons. The molecule has 5 heteroatoms. The lowest BCUT2D eigenvalue weighted by Gasteiger charge is -2.28. The number of amides is 1. The van der Waals surface area contributed by atoms with E-state index in [2.05, 4.69) is 5.32 Å². The highest BCUT2D eigenvalue weighted by atomic mass is 19.1. The third kappa shape index (κ3) is 4.38. The van der Waals surface area contributed by atoms with Gasteiger partial charge in [-0.25, -0.2) is 8.78 Å². The first-order valence-corrected chi connectivity index (χ1v) is 7.95. The topological polar surface area (TPSA) is 32.3 Å². The number of hydrogen-bond acceptors (Lipinski definition) is 2. The van der Waals surface area contributed by atoms with E-state index in [0.717, 1.165) is 11.8 Å². The maximum absolute atomic E-state index is 13.8. The minimum Gasteiger partial charge on any atom is -0.309 e. The summed E-state index contributed by atoms with van der Waals surface area (Å²) in [6.07, 6.45) is 0. The Balaban J connectivity index is 2.05. The Hall–Kier alpha value is -2.27. The van der Waals surface area contributed by atoms with Crippen molar-refractivity contribution in [1.29, 1.82) is 0 Å². The number of carbonyl (C=O) groups is 1. The van der Waals surface area contributed by atoms with Crippen LogP contribution in [0.15, 0.2) is 48.5 Å². The quantitative estimate of drug-likeness (QED) is 0.865. The van der Waals surface area contributed by atoms with E-state index in [0.29, 0.717) is 5.56 Å². The Morgan fingerprint density at radius 2 is 1.75 bits per heavy atom. The predicted molar refractivity (Wildman–Crippen MR) is 91.8 cm³/mol. The van der Waals surface area contributed by atoms with Crippen LogP contribution in [0.25, 0.3) is 0 Å². The van der Waals surface area contributed by atoms with E-state index < -0.39 is 17.7 Å². The normalized spacial score (nSPS) is 12.2. The summed E-state index contributed by atoms with van der Waals surface area (Å²) < 4.78 is 26.8. The van der Waals surface area contributed by atoms with E-state index in [4.69, 9.17) is 0 Å². The lowest BCUT2D eigenvalue weighted by Crippen LogP contribution is -2.43. The van der Waals surface area contributed by atoms with Gasteiger partial charge in [-0.3, -0.25) is 4.79 Å². The maximum Gasteiger partial charge on any atom is 0.241 e. The average Bonchev–Trinajstić information content (AvgIpc) is 2.53. The third-order valence-corrected chi connectivity index (χ3v) is 3.81. The molecule has 0 aromatic heterocycles. The zero-order valence-corrected chi connectivity index (χ0v) is 14.1. The van der Waals surface area contributed by atoms with Gasteiger partial charge in [0.15, 0.2) is 0 Å². The van der Waals surface area contributed by atoms with Crippen LogP contribution in [0, 0.1) is 11.6 Å². The van der Waals surface area contributed by atoms with Crippen LogP contribution in [-0.4, -0.2) is 18.5 Å². The Bertz CT molecular complexity index is 689. The van der Waals surface area contributed by atoms with Gasteiger partial charge in [-0.15, -0.1) is 0 Å². The van der Waals surface area contributed by atoms with Crippen molar-refractivity contribution in [3.8, 4) is 0 Å². The van der Waals surface area contributed by atoms with Crippen LogP contribution in [0.1, 0.15) is 32.4 Å². The standard InChI is InChI=1S/C19H22F2N2O/c1-13(2)23(16-7-5-4-6-8-16)19(24)12-22-14(3)17-10-9-15(20)11-18(17)21/h4-11,13-14,22H,12H2,1-3H3. The summed E-state index contributed by atoms with van der Waals surface area (Å²) in [5.74, 6) is -1.34. The number of para-hydroxylation sites is 1. The van der Waals surface area contributed by atoms with E-state index in [1.807, 2.05) is 44.2 Å². The SMILES string of the molecule is CC(NCC(=O)N(c1ccccc1)C(C)C)c1ccc(F)cc1F. The molecule has 2 aromatic carbocycles. The van der Waals surface area contributed by atoms with Crippen LogP contribution in [0.5, 0.6) is 0 Å². The van der Waals surface area contributed by atoms with Crippen molar-refractivity contribution in [2.75, 3.05) is 11.4 Å². The minimum absolute atomic E-state index is 0.000404. The Labute approximate surface area is 141 Å². The lowest BCUT2D eigenvalue weighted by molar-refractivity contribution is -0.118. The van der Waals surface area contributed by atoms with Crippen molar-refractivity contribution >= 4 is 11.6 Å². The number of nitrogens with one attached hydrogen (secondary N) is 1. The summed E-state index contributed by atoms with van der Waals surface area (Å²) in [4.78, 5) is 14.3. The summed E-state index contributed by atoms with van der Waals surface area (Å²) in [5, 5.41) is 3.01. The highest BCUT2D eigenvalue weighted by molar-refractivity contribution is 5.95. The van der Waals surface area contributed by atoms with Crippen LogP contribution < -0.4 is 10.2 Å². The van der Waals surface area contributed by atoms with Gasteiger partial charge in [0.25, 0.3) is 0 Å². The Kier molecular flexibility index (Phi) is 6.04. The van der Waals surface area contributed by atoms with Crippen molar-refractivity contribution in [2.24, 2.45) is 0 Å². The molecule has 0 radical (unpaired) electrons. The largest absolute Gasteiger partial charge is 0.309 e. The van der Waals surface area contributed by atoms with Crippen LogP contribution in [0.2, 0.25) is 0 Å². The number of anilines is 1. The molecule has 0 bridgehead atoms. The lowest BCUT2D eigenvalue weighted by atomic mass is 10.1. The molecule has 1 N–H and O–H groups in total. The third-order valence-electron chi connectivity index (χ3n) is 3.81. The van der Waals surface area contributed by atoms with Gasteiger partial charge in [-0.05, 0) is 39.0 Å². The van der Waals surface area contributed by atoms with E-state index in [-0.39, 0.29) is 18.5 Å². The molecule has 0 saturated heterocycles. The molecular formula is C19H22F2N2O. The van der Waals surface area contributed by atoms with Gasteiger partial charge in [0, 0.05) is 29.4 Å². The molecule has 0 aliphatic heterocycles. The van der Waals surface area contributed by atoms with Gasteiger partial charge in [0.1, 0.15) is 11.6 Å². The molecular weight excluding hydrogens is 310 g/mol. The number of carbonyl (C=O) groups excluding carboxylic acids is 1. The smallest absolute Gasteiger partial charge is 0.241 e. The number of halogens is 2. The predicted octanol–water partition coefficient (Wildman–Crippen LogP) is 4.06. The Morgan fingerprint density at radius 3 is 2.33 bits per heavy atom. The number of hydrogen-bond donors (Lipinski definition) is 1. The summed E-state index contributed by atoms with van der Waals surface area (Å²) >= 11 is 0. The van der Waals surface area contributed by atoms with Gasteiger partial charge in [0.2, 0.25) is 5.91 Å². The van der Waals surface area contributed by atoms with Crippen molar-refractivity contribution < 1.29 is 13.6 Å². The van der Waals surface area contributed by atoms with Crippen LogP contribution in [0.3, 0.4) is 0 Å². The second-order valence-corrected chi connectivity index (χ2v) is 5.96. The minimum atomic E-state index is -0.619. The van der Waals surface area contributed by atoms with Crippen LogP contribution in [-0.2, 0) is 4.79 Å². The summed E-state index contributed by atoms with van der Waals surface area (Å²) in [6, 6.07) is 12.4. The van der Waals surface area contributed by atoms with Crippen LogP contribution >= 0.6 is 0 Å². The monoisotopic (exact) mass is 332 g/mol. The van der Waals surface area contributed by atoms with Gasteiger partial charge in [-0.2, -0.15) is 0 Å². The fraction of sp³-hybridized carbons (Fsp3) is 0.316. The molecule has 3 nitrogen and oxygen atoms in total. The molecule has 1 atom stereocenters. The van der Waals surface area contributed by atoms with Crippen molar-refractivity contribution in [1.82, 2.24) is 5.32 Å². The molecule has 0 spiro atoms. The van der Waals surface area contributed by atoms with E-state index in [1.54, 1.807) is 11.8 Å². The van der Waals surface area contributed by atoms with Crippen LogP contribution in [0.4, 0.5) is 14.5 Å².